The van der Waals surface area contributed by atoms with Crippen LogP contribution in [-0.2, 0) is 4.79 Å². The Morgan fingerprint density at radius 2 is 1.55 bits per heavy atom. The summed E-state index contributed by atoms with van der Waals surface area (Å²) in [5.74, 6) is 4.35. The zero-order chi connectivity index (χ0) is 22.6. The molecule has 1 heteroatoms. The maximum absolute atomic E-state index is 12.9. The summed E-state index contributed by atoms with van der Waals surface area (Å²) < 4.78 is 0. The van der Waals surface area contributed by atoms with Gasteiger partial charge in [-0.1, -0.05) is 60.1 Å². The van der Waals surface area contributed by atoms with Crippen LogP contribution in [0.3, 0.4) is 0 Å². The molecule has 0 saturated heterocycles. The van der Waals surface area contributed by atoms with Gasteiger partial charge in [-0.05, 0) is 110 Å². The molecule has 0 aromatic rings. The number of carbonyl (C=O) groups is 1. The van der Waals surface area contributed by atoms with E-state index in [2.05, 4.69) is 61.5 Å². The van der Waals surface area contributed by atoms with Crippen molar-refractivity contribution in [2.75, 3.05) is 0 Å². The lowest BCUT2D eigenvalue weighted by Gasteiger charge is -2.73. The highest BCUT2D eigenvalue weighted by atomic mass is 16.1. The third-order valence-corrected chi connectivity index (χ3v) is 13.3. The van der Waals surface area contributed by atoms with Gasteiger partial charge in [0.25, 0.3) is 0 Å². The number of ketones is 1. The van der Waals surface area contributed by atoms with Crippen LogP contribution in [0.25, 0.3) is 0 Å². The van der Waals surface area contributed by atoms with Gasteiger partial charge in [-0.2, -0.15) is 0 Å². The van der Waals surface area contributed by atoms with Gasteiger partial charge in [0.15, 0.2) is 0 Å². The molecule has 0 radical (unpaired) electrons. The Balaban J connectivity index is 1.55. The molecule has 0 aromatic heterocycles. The van der Waals surface area contributed by atoms with E-state index < -0.39 is 0 Å². The number of rotatable bonds is 0. The fourth-order valence-corrected chi connectivity index (χ4v) is 11.1. The van der Waals surface area contributed by atoms with Crippen molar-refractivity contribution in [1.29, 1.82) is 0 Å². The van der Waals surface area contributed by atoms with Gasteiger partial charge in [-0.15, -0.1) is 0 Å². The van der Waals surface area contributed by atoms with Crippen molar-refractivity contribution >= 4 is 5.78 Å². The minimum atomic E-state index is -0.128. The van der Waals surface area contributed by atoms with Gasteiger partial charge in [-0.3, -0.25) is 4.79 Å². The van der Waals surface area contributed by atoms with Crippen molar-refractivity contribution in [2.45, 2.75) is 113 Å². The molecule has 9 atom stereocenters. The lowest BCUT2D eigenvalue weighted by atomic mass is 9.31. The standard InChI is InChI=1S/C30H48O/c1-19-11-14-27(5)17-18-29(7)21(25(27)20(19)2)9-10-23-28(6)15-13-24(31)26(3,4)22(28)12-16-30(23,29)8/h11,20-23,25H,9-10,12-18H2,1-8H3/t20-,21-,22+,23-,25-,27-,28+,29-,30-/m1/s1. The van der Waals surface area contributed by atoms with E-state index in [9.17, 15) is 4.79 Å². The molecule has 31 heavy (non-hydrogen) atoms. The van der Waals surface area contributed by atoms with Crippen molar-refractivity contribution in [3.63, 3.8) is 0 Å². The Kier molecular flexibility index (Phi) is 4.66. The molecule has 5 aliphatic carbocycles. The average Bonchev–Trinajstić information content (AvgIpc) is 2.69. The molecule has 5 rings (SSSR count). The number of Topliss-reactive ketones (excluding diaryl/α,β-unsaturated/α-hetero) is 1. The Bertz CT molecular complexity index is 820. The molecule has 4 saturated carbocycles. The van der Waals surface area contributed by atoms with Gasteiger partial charge in [-0.25, -0.2) is 0 Å². The summed E-state index contributed by atoms with van der Waals surface area (Å²) in [6.07, 6.45) is 14.1. The van der Waals surface area contributed by atoms with Gasteiger partial charge < -0.3 is 0 Å². The number of hydrogen-bond donors (Lipinski definition) is 0. The van der Waals surface area contributed by atoms with Crippen molar-refractivity contribution in [1.82, 2.24) is 0 Å². The molecule has 0 aromatic carbocycles. The lowest BCUT2D eigenvalue weighted by Crippen LogP contribution is -2.66. The molecule has 0 heterocycles. The van der Waals surface area contributed by atoms with E-state index in [1.54, 1.807) is 5.57 Å². The highest BCUT2D eigenvalue weighted by molar-refractivity contribution is 5.85. The smallest absolute Gasteiger partial charge is 0.138 e. The number of hydrogen-bond acceptors (Lipinski definition) is 1. The van der Waals surface area contributed by atoms with Crippen LogP contribution in [-0.4, -0.2) is 5.78 Å². The van der Waals surface area contributed by atoms with Crippen LogP contribution in [0.15, 0.2) is 11.6 Å². The Morgan fingerprint density at radius 1 is 0.839 bits per heavy atom. The summed E-state index contributed by atoms with van der Waals surface area (Å²) in [5.41, 5.74) is 3.25. The fraction of sp³-hybridized carbons (Fsp3) is 0.900. The highest BCUT2D eigenvalue weighted by Gasteiger charge is 2.69. The minimum Gasteiger partial charge on any atom is -0.299 e. The van der Waals surface area contributed by atoms with E-state index in [1.165, 1.54) is 44.9 Å². The second-order valence-electron chi connectivity index (χ2n) is 14.4. The zero-order valence-electron chi connectivity index (χ0n) is 21.7. The monoisotopic (exact) mass is 424 g/mol. The summed E-state index contributed by atoms with van der Waals surface area (Å²) in [4.78, 5) is 12.9. The molecule has 1 nitrogen and oxygen atoms in total. The molecule has 5 aliphatic rings. The van der Waals surface area contributed by atoms with E-state index in [-0.39, 0.29) is 5.41 Å². The molecule has 0 amide bonds. The maximum Gasteiger partial charge on any atom is 0.138 e. The lowest BCUT2D eigenvalue weighted by molar-refractivity contribution is -0.237. The van der Waals surface area contributed by atoms with Gasteiger partial charge in [0, 0.05) is 11.8 Å². The summed E-state index contributed by atoms with van der Waals surface area (Å²) in [6.45, 7) is 20.2. The molecular weight excluding hydrogens is 376 g/mol. The van der Waals surface area contributed by atoms with Gasteiger partial charge in [0.2, 0.25) is 0 Å². The van der Waals surface area contributed by atoms with E-state index in [1.807, 2.05) is 0 Å². The van der Waals surface area contributed by atoms with Crippen LogP contribution >= 0.6 is 0 Å². The zero-order valence-corrected chi connectivity index (χ0v) is 21.7. The van der Waals surface area contributed by atoms with Crippen LogP contribution in [0.4, 0.5) is 0 Å². The SMILES string of the molecule is CC1=CC[C@]2(C)CC[C@]3(C)[C@H](CC[C@@H]4[C@@]5(C)CCC(=O)C(C)(C)[C@@H]5CC[C@]43C)[C@H]2[C@@H]1C. The summed E-state index contributed by atoms with van der Waals surface area (Å²) in [6, 6.07) is 0. The van der Waals surface area contributed by atoms with E-state index in [4.69, 9.17) is 0 Å². The van der Waals surface area contributed by atoms with Crippen LogP contribution in [0.1, 0.15) is 113 Å². The topological polar surface area (TPSA) is 17.1 Å². The summed E-state index contributed by atoms with van der Waals surface area (Å²) in [7, 11) is 0. The van der Waals surface area contributed by atoms with Gasteiger partial charge in [0.1, 0.15) is 5.78 Å². The third-order valence-electron chi connectivity index (χ3n) is 13.3. The molecule has 0 spiro atoms. The first-order chi connectivity index (χ1) is 14.3. The predicted octanol–water partition coefficient (Wildman–Crippen LogP) is 8.23. The maximum atomic E-state index is 12.9. The van der Waals surface area contributed by atoms with E-state index in [0.29, 0.717) is 33.4 Å². The van der Waals surface area contributed by atoms with Gasteiger partial charge >= 0.3 is 0 Å². The largest absolute Gasteiger partial charge is 0.299 e. The van der Waals surface area contributed by atoms with Crippen LogP contribution in [0.5, 0.6) is 0 Å². The van der Waals surface area contributed by atoms with E-state index in [0.717, 1.165) is 36.5 Å². The molecule has 0 N–H and O–H groups in total. The average molecular weight is 425 g/mol. The third kappa shape index (κ3) is 2.59. The van der Waals surface area contributed by atoms with Crippen molar-refractivity contribution < 1.29 is 4.79 Å². The fourth-order valence-electron chi connectivity index (χ4n) is 11.1. The Morgan fingerprint density at radius 3 is 2.26 bits per heavy atom. The molecule has 0 bridgehead atoms. The molecule has 4 fully saturated rings. The summed E-state index contributed by atoms with van der Waals surface area (Å²) >= 11 is 0. The highest BCUT2D eigenvalue weighted by Crippen LogP contribution is 2.76. The minimum absolute atomic E-state index is 0.128. The summed E-state index contributed by atoms with van der Waals surface area (Å²) in [5, 5.41) is 0. The second-order valence-corrected chi connectivity index (χ2v) is 14.4. The quantitative estimate of drug-likeness (QED) is 0.358. The first kappa shape index (κ1) is 22.2. The molecule has 0 aliphatic heterocycles. The van der Waals surface area contributed by atoms with Crippen molar-refractivity contribution in [3.05, 3.63) is 11.6 Å². The second kappa shape index (κ2) is 6.50. The van der Waals surface area contributed by atoms with Gasteiger partial charge in [0.05, 0.1) is 0 Å². The predicted molar refractivity (Wildman–Crippen MR) is 130 cm³/mol. The van der Waals surface area contributed by atoms with Crippen LogP contribution in [0.2, 0.25) is 0 Å². The first-order valence-electron chi connectivity index (χ1n) is 13.5. The van der Waals surface area contributed by atoms with Crippen LogP contribution < -0.4 is 0 Å². The molecule has 174 valence electrons. The number of carbonyl (C=O) groups excluding carboxylic acids is 1. The molecule has 0 unspecified atom stereocenters. The first-order valence-corrected chi connectivity index (χ1v) is 13.5. The van der Waals surface area contributed by atoms with E-state index >= 15 is 0 Å². The van der Waals surface area contributed by atoms with Crippen LogP contribution in [0, 0.1) is 56.7 Å². The number of allylic oxidation sites excluding steroid dienone is 2. The van der Waals surface area contributed by atoms with Crippen molar-refractivity contribution in [3.8, 4) is 0 Å². The molecular formula is C30H48O. The Labute approximate surface area is 192 Å². The Hall–Kier alpha value is -0.590. The normalized spacial score (nSPS) is 55.9. The van der Waals surface area contributed by atoms with Crippen molar-refractivity contribution in [2.24, 2.45) is 56.7 Å². The number of fused-ring (bicyclic) bond motifs is 7.